The third-order valence-electron chi connectivity index (χ3n) is 9.49. The highest BCUT2D eigenvalue weighted by atomic mass is 19.4. The Bertz CT molecular complexity index is 1660. The van der Waals surface area contributed by atoms with Crippen LogP contribution in [0, 0.1) is 17.8 Å². The van der Waals surface area contributed by atoms with Crippen LogP contribution in [0.15, 0.2) is 48.2 Å². The number of allylic oxidation sites excluding steroid dienone is 3. The molecule has 48 heavy (non-hydrogen) atoms. The van der Waals surface area contributed by atoms with E-state index in [1.807, 2.05) is 12.2 Å². The van der Waals surface area contributed by atoms with Crippen LogP contribution in [-0.4, -0.2) is 59.2 Å². The van der Waals surface area contributed by atoms with Crippen molar-refractivity contribution < 1.29 is 50.2 Å². The average Bonchev–Trinajstić information content (AvgIpc) is 3.76. The number of carboxylic acid groups (broad SMARTS) is 1. The summed E-state index contributed by atoms with van der Waals surface area (Å²) in [5.41, 5.74) is -0.288. The molecule has 2 aromatic rings. The summed E-state index contributed by atoms with van der Waals surface area (Å²) in [5.74, 6) is -7.80. The van der Waals surface area contributed by atoms with Crippen molar-refractivity contribution >= 4 is 23.5 Å². The lowest BCUT2D eigenvalue weighted by Crippen LogP contribution is -2.56. The van der Waals surface area contributed by atoms with E-state index in [-0.39, 0.29) is 35.5 Å². The molecular formula is C33H33F7N4O4. The van der Waals surface area contributed by atoms with Gasteiger partial charge >= 0.3 is 18.2 Å². The molecule has 15 heteroatoms. The molecule has 3 heterocycles. The Morgan fingerprint density at radius 1 is 1.12 bits per heavy atom. The molecule has 1 amide bonds. The van der Waals surface area contributed by atoms with Crippen LogP contribution in [-0.2, 0) is 28.2 Å². The van der Waals surface area contributed by atoms with Gasteiger partial charge in [-0.3, -0.25) is 9.69 Å². The third kappa shape index (κ3) is 6.42. The number of amides is 1. The molecule has 1 saturated carbocycles. The molecule has 8 nitrogen and oxygen atoms in total. The number of cyclic esters (lactones) is 1. The number of carbonyl (C=O) groups is 2. The number of rotatable bonds is 9. The number of aliphatic carboxylic acids is 1. The van der Waals surface area contributed by atoms with Crippen LogP contribution in [0.25, 0.3) is 5.57 Å². The van der Waals surface area contributed by atoms with Gasteiger partial charge in [-0.05, 0) is 67.5 Å². The number of halogens is 7. The van der Waals surface area contributed by atoms with Crippen molar-refractivity contribution in [2.24, 2.45) is 17.8 Å². The highest BCUT2D eigenvalue weighted by Crippen LogP contribution is 2.49. The lowest BCUT2D eigenvalue weighted by Gasteiger charge is -2.40. The van der Waals surface area contributed by atoms with E-state index >= 15 is 0 Å². The molecule has 2 aliphatic carbocycles. The summed E-state index contributed by atoms with van der Waals surface area (Å²) in [6.07, 6.45) is -2.21. The number of likely N-dealkylation sites (N-methyl/N-ethyl adjacent to an activating group) is 1. The first kappa shape index (κ1) is 33.6. The van der Waals surface area contributed by atoms with Crippen molar-refractivity contribution in [3.63, 3.8) is 0 Å². The average molecular weight is 683 g/mol. The van der Waals surface area contributed by atoms with E-state index in [4.69, 9.17) is 4.74 Å². The molecule has 258 valence electrons. The second-order valence-corrected chi connectivity index (χ2v) is 13.0. The largest absolute Gasteiger partial charge is 0.481 e. The molecule has 1 aromatic heterocycles. The van der Waals surface area contributed by atoms with Gasteiger partial charge in [0.15, 0.2) is 0 Å². The molecule has 1 unspecified atom stereocenters. The van der Waals surface area contributed by atoms with Gasteiger partial charge in [-0.25, -0.2) is 27.3 Å². The van der Waals surface area contributed by atoms with Gasteiger partial charge < -0.3 is 20.1 Å². The SMILES string of the molecule is CNC1=CCC([C@@H]2C[C@H]2C(=O)O)C=C1c1ccc(N2CC(F)(F)C2)nc1CN1C(=O)O[C@H](c2cc(C(C)(F)F)cc(C(F)(F)F)c2)[C@@H]1C. The lowest BCUT2D eigenvalue weighted by atomic mass is 9.86. The zero-order valence-corrected chi connectivity index (χ0v) is 26.1. The van der Waals surface area contributed by atoms with Crippen LogP contribution in [0.5, 0.6) is 0 Å². The standard InChI is InChI=1S/C33H33F7N4O4/c1-16-28(18-8-19(31(2,34)35)11-20(9-18)33(38,39)40)48-30(47)44(16)13-26-21(5-7-27(42-26)43-14-32(36,37)15-43)23-10-17(4-6-25(23)41-3)22-12-24(22)29(45)46/h5-11,16-17,22,24,28,41H,4,12-15H2,1-3H3,(H,45,46)/t16-,17?,22-,24+,28-/m0/s1. The fourth-order valence-electron chi connectivity index (χ4n) is 6.74. The van der Waals surface area contributed by atoms with Gasteiger partial charge in [0.1, 0.15) is 11.9 Å². The number of nitrogens with zero attached hydrogens (tertiary/aromatic N) is 3. The van der Waals surface area contributed by atoms with Gasteiger partial charge in [-0.2, -0.15) is 13.2 Å². The summed E-state index contributed by atoms with van der Waals surface area (Å²) in [7, 11) is 1.70. The van der Waals surface area contributed by atoms with E-state index in [1.54, 1.807) is 19.2 Å². The molecule has 5 atom stereocenters. The topological polar surface area (TPSA) is 95.0 Å². The van der Waals surface area contributed by atoms with Gasteiger partial charge in [-0.15, -0.1) is 0 Å². The van der Waals surface area contributed by atoms with Crippen LogP contribution in [0.1, 0.15) is 60.7 Å². The monoisotopic (exact) mass is 682 g/mol. The number of pyridine rings is 1. The first-order valence-electron chi connectivity index (χ1n) is 15.4. The minimum atomic E-state index is -4.94. The van der Waals surface area contributed by atoms with Gasteiger partial charge in [0.25, 0.3) is 11.8 Å². The second-order valence-electron chi connectivity index (χ2n) is 13.0. The third-order valence-corrected chi connectivity index (χ3v) is 9.49. The lowest BCUT2D eigenvalue weighted by molar-refractivity contribution is -0.139. The Morgan fingerprint density at radius 2 is 1.81 bits per heavy atom. The van der Waals surface area contributed by atoms with Crippen LogP contribution in [0.3, 0.4) is 0 Å². The molecule has 2 N–H and O–H groups in total. The van der Waals surface area contributed by atoms with Crippen LogP contribution in [0.2, 0.25) is 0 Å². The first-order chi connectivity index (χ1) is 22.4. The normalized spacial score (nSPS) is 26.8. The van der Waals surface area contributed by atoms with Crippen molar-refractivity contribution in [2.45, 2.75) is 63.4 Å². The molecule has 0 spiro atoms. The van der Waals surface area contributed by atoms with Crippen LogP contribution < -0.4 is 10.2 Å². The number of nitrogens with one attached hydrogen (secondary N) is 1. The highest BCUT2D eigenvalue weighted by Gasteiger charge is 2.48. The van der Waals surface area contributed by atoms with Crippen molar-refractivity contribution in [3.05, 3.63) is 76.1 Å². The number of aromatic nitrogens is 1. The van der Waals surface area contributed by atoms with Crippen LogP contribution >= 0.6 is 0 Å². The molecule has 0 bridgehead atoms. The van der Waals surface area contributed by atoms with E-state index in [2.05, 4.69) is 10.3 Å². The minimum absolute atomic E-state index is 0.0756. The number of hydrogen-bond acceptors (Lipinski definition) is 6. The Kier molecular flexibility index (Phi) is 8.18. The Hall–Kier alpha value is -4.30. The summed E-state index contributed by atoms with van der Waals surface area (Å²) < 4.78 is 103. The number of alkyl halides is 7. The number of benzene rings is 1. The van der Waals surface area contributed by atoms with E-state index in [1.165, 1.54) is 16.7 Å². The Labute approximate surface area is 271 Å². The van der Waals surface area contributed by atoms with Crippen molar-refractivity contribution in [2.75, 3.05) is 25.0 Å². The van der Waals surface area contributed by atoms with E-state index in [9.17, 15) is 45.4 Å². The quantitative estimate of drug-likeness (QED) is 0.276. The molecule has 2 saturated heterocycles. The van der Waals surface area contributed by atoms with Gasteiger partial charge in [0.2, 0.25) is 0 Å². The molecule has 6 rings (SSSR count). The smallest absolute Gasteiger partial charge is 0.416 e. The van der Waals surface area contributed by atoms with Crippen LogP contribution in [0.4, 0.5) is 41.3 Å². The Balaban J connectivity index is 1.36. The van der Waals surface area contributed by atoms with E-state index in [0.717, 1.165) is 6.07 Å². The second kappa shape index (κ2) is 11.7. The number of anilines is 1. The number of carbonyl (C=O) groups excluding carboxylic acids is 1. The molecular weight excluding hydrogens is 649 g/mol. The van der Waals surface area contributed by atoms with Gasteiger partial charge in [-0.1, -0.05) is 12.2 Å². The fraction of sp³-hybridized carbons (Fsp3) is 0.485. The van der Waals surface area contributed by atoms with Crippen molar-refractivity contribution in [1.29, 1.82) is 0 Å². The summed E-state index contributed by atoms with van der Waals surface area (Å²) in [6.45, 7) is 0.606. The molecule has 0 radical (unpaired) electrons. The maximum absolute atomic E-state index is 14.2. The van der Waals surface area contributed by atoms with E-state index in [0.29, 0.717) is 48.7 Å². The molecule has 3 fully saturated rings. The summed E-state index contributed by atoms with van der Waals surface area (Å²) in [6, 6.07) is 4.25. The molecule has 4 aliphatic rings. The highest BCUT2D eigenvalue weighted by molar-refractivity contribution is 5.82. The summed E-state index contributed by atoms with van der Waals surface area (Å²) in [5, 5.41) is 12.6. The first-order valence-corrected chi connectivity index (χ1v) is 15.4. The molecule has 2 aliphatic heterocycles. The number of hydrogen-bond donors (Lipinski definition) is 2. The zero-order chi connectivity index (χ0) is 34.9. The maximum atomic E-state index is 14.2. The van der Waals surface area contributed by atoms with Gasteiger partial charge in [0.05, 0.1) is 42.9 Å². The maximum Gasteiger partial charge on any atom is 0.416 e. The minimum Gasteiger partial charge on any atom is -0.481 e. The molecule has 1 aromatic carbocycles. The van der Waals surface area contributed by atoms with Crippen molar-refractivity contribution in [3.8, 4) is 0 Å². The number of ether oxygens (including phenoxy) is 1. The fourth-order valence-corrected chi connectivity index (χ4v) is 6.74. The van der Waals surface area contributed by atoms with Crippen molar-refractivity contribution in [1.82, 2.24) is 15.2 Å². The predicted octanol–water partition coefficient (Wildman–Crippen LogP) is 6.98. The summed E-state index contributed by atoms with van der Waals surface area (Å²) in [4.78, 5) is 32.1. The van der Waals surface area contributed by atoms with E-state index < -0.39 is 72.4 Å². The number of carboxylic acids is 1. The van der Waals surface area contributed by atoms with Gasteiger partial charge in [0, 0.05) is 36.4 Å². The summed E-state index contributed by atoms with van der Waals surface area (Å²) >= 11 is 0. The Morgan fingerprint density at radius 3 is 2.40 bits per heavy atom. The predicted molar refractivity (Wildman–Crippen MR) is 159 cm³/mol. The zero-order valence-electron chi connectivity index (χ0n) is 26.1.